The maximum Gasteiger partial charge on any atom is 0.317 e. The van der Waals surface area contributed by atoms with Crippen molar-refractivity contribution in [1.82, 2.24) is 9.97 Å². The second-order valence-electron chi connectivity index (χ2n) is 5.47. The van der Waals surface area contributed by atoms with Gasteiger partial charge in [-0.3, -0.25) is 5.32 Å². The Labute approximate surface area is 134 Å². The summed E-state index contributed by atoms with van der Waals surface area (Å²) in [5, 5.41) is 5.54. The van der Waals surface area contributed by atoms with Gasteiger partial charge in [0, 0.05) is 30.7 Å². The van der Waals surface area contributed by atoms with Crippen molar-refractivity contribution in [1.29, 1.82) is 0 Å². The third-order valence-electron chi connectivity index (χ3n) is 3.75. The van der Waals surface area contributed by atoms with Crippen LogP contribution in [-0.4, -0.2) is 29.1 Å². The van der Waals surface area contributed by atoms with E-state index in [9.17, 15) is 4.79 Å². The van der Waals surface area contributed by atoms with Crippen LogP contribution in [0.1, 0.15) is 19.3 Å². The first-order valence-electron chi connectivity index (χ1n) is 7.72. The number of anilines is 4. The summed E-state index contributed by atoms with van der Waals surface area (Å²) in [6.45, 7) is 2.24. The van der Waals surface area contributed by atoms with Gasteiger partial charge >= 0.3 is 6.03 Å². The van der Waals surface area contributed by atoms with Crippen LogP contribution in [-0.2, 0) is 0 Å². The first-order valence-corrected chi connectivity index (χ1v) is 7.72. The molecule has 0 bridgehead atoms. The molecular formula is C16H20N6O. The lowest BCUT2D eigenvalue weighted by Crippen LogP contribution is -2.29. The van der Waals surface area contributed by atoms with Gasteiger partial charge in [0.25, 0.3) is 0 Å². The van der Waals surface area contributed by atoms with Crippen LogP contribution < -0.4 is 21.3 Å². The Morgan fingerprint density at radius 2 is 1.83 bits per heavy atom. The minimum absolute atomic E-state index is 0.361. The molecule has 0 aliphatic carbocycles. The highest BCUT2D eigenvalue weighted by atomic mass is 16.2. The molecule has 0 spiro atoms. The molecule has 2 aromatic rings. The third kappa shape index (κ3) is 4.09. The fourth-order valence-corrected chi connectivity index (χ4v) is 2.65. The van der Waals surface area contributed by atoms with E-state index in [0.717, 1.165) is 18.8 Å². The van der Waals surface area contributed by atoms with Crippen LogP contribution in [0.15, 0.2) is 36.5 Å². The Hall–Kier alpha value is -2.83. The third-order valence-corrected chi connectivity index (χ3v) is 3.75. The quantitative estimate of drug-likeness (QED) is 0.806. The highest BCUT2D eigenvalue weighted by molar-refractivity contribution is 5.86. The van der Waals surface area contributed by atoms with Crippen molar-refractivity contribution in [3.05, 3.63) is 36.5 Å². The summed E-state index contributed by atoms with van der Waals surface area (Å²) in [6.07, 6.45) is 5.40. The Balaban J connectivity index is 1.67. The fraction of sp³-hybridized carbons (Fsp3) is 0.312. The molecule has 0 unspecified atom stereocenters. The number of amides is 2. The van der Waals surface area contributed by atoms with Crippen molar-refractivity contribution in [2.45, 2.75) is 19.3 Å². The predicted molar refractivity (Wildman–Crippen MR) is 91.0 cm³/mol. The van der Waals surface area contributed by atoms with Crippen LogP contribution in [0, 0.1) is 0 Å². The van der Waals surface area contributed by atoms with Crippen molar-refractivity contribution in [2.75, 3.05) is 28.6 Å². The minimum Gasteiger partial charge on any atom is -0.372 e. The van der Waals surface area contributed by atoms with E-state index in [2.05, 4.69) is 37.6 Å². The molecule has 2 heterocycles. The van der Waals surface area contributed by atoms with E-state index >= 15 is 0 Å². The van der Waals surface area contributed by atoms with Crippen molar-refractivity contribution in [3.8, 4) is 0 Å². The zero-order chi connectivity index (χ0) is 16.1. The molecule has 120 valence electrons. The van der Waals surface area contributed by atoms with Gasteiger partial charge in [0.2, 0.25) is 5.95 Å². The van der Waals surface area contributed by atoms with Gasteiger partial charge in [0.15, 0.2) is 0 Å². The lowest BCUT2D eigenvalue weighted by Gasteiger charge is -2.28. The summed E-state index contributed by atoms with van der Waals surface area (Å²) in [5.74, 6) is 0.766. The molecular weight excluding hydrogens is 292 g/mol. The van der Waals surface area contributed by atoms with Crippen molar-refractivity contribution < 1.29 is 4.79 Å². The highest BCUT2D eigenvalue weighted by Gasteiger charge is 2.10. The number of urea groups is 1. The van der Waals surface area contributed by atoms with E-state index < -0.39 is 6.03 Å². The number of aromatic nitrogens is 2. The molecule has 0 radical (unpaired) electrons. The van der Waals surface area contributed by atoms with E-state index in [1.807, 2.05) is 12.1 Å². The molecule has 0 saturated carbocycles. The average Bonchev–Trinajstić information content (AvgIpc) is 2.56. The fourth-order valence-electron chi connectivity index (χ4n) is 2.65. The maximum atomic E-state index is 10.9. The topological polar surface area (TPSA) is 96.2 Å². The standard InChI is InChI=1S/C16H20N6O/c17-15(23)20-14-8-9-18-16(21-14)19-12-4-6-13(7-5-12)22-10-2-1-3-11-22/h4-9H,1-3,10-11H2,(H4,17,18,19,20,21,23). The zero-order valence-electron chi connectivity index (χ0n) is 12.8. The van der Waals surface area contributed by atoms with Crippen molar-refractivity contribution >= 4 is 29.2 Å². The number of carbonyl (C=O) groups excluding carboxylic acids is 1. The van der Waals surface area contributed by atoms with Gasteiger partial charge in [0.1, 0.15) is 5.82 Å². The molecule has 1 aromatic carbocycles. The molecule has 7 nitrogen and oxygen atoms in total. The second-order valence-corrected chi connectivity index (χ2v) is 5.47. The Kier molecular flexibility index (Phi) is 4.56. The summed E-state index contributed by atoms with van der Waals surface area (Å²) in [6, 6.07) is 9.12. The zero-order valence-corrected chi connectivity index (χ0v) is 12.8. The molecule has 0 atom stereocenters. The number of primary amides is 1. The van der Waals surface area contributed by atoms with Gasteiger partial charge in [0.05, 0.1) is 0 Å². The molecule has 1 saturated heterocycles. The smallest absolute Gasteiger partial charge is 0.317 e. The van der Waals surface area contributed by atoms with Crippen molar-refractivity contribution in [2.24, 2.45) is 5.73 Å². The number of nitrogens with zero attached hydrogens (tertiary/aromatic N) is 3. The van der Waals surface area contributed by atoms with E-state index in [0.29, 0.717) is 11.8 Å². The van der Waals surface area contributed by atoms with E-state index in [-0.39, 0.29) is 0 Å². The number of nitrogens with one attached hydrogen (secondary N) is 2. The number of benzene rings is 1. The molecule has 23 heavy (non-hydrogen) atoms. The predicted octanol–water partition coefficient (Wildman–Crippen LogP) is 2.70. The number of rotatable bonds is 4. The van der Waals surface area contributed by atoms with Crippen LogP contribution in [0.5, 0.6) is 0 Å². The molecule has 3 rings (SSSR count). The van der Waals surface area contributed by atoms with E-state index in [1.165, 1.54) is 24.9 Å². The molecule has 1 aromatic heterocycles. The first-order chi connectivity index (χ1) is 11.2. The van der Waals surface area contributed by atoms with Crippen LogP contribution in [0.4, 0.5) is 27.9 Å². The molecule has 1 aliphatic rings. The van der Waals surface area contributed by atoms with Gasteiger partial charge in [-0.2, -0.15) is 4.98 Å². The first kappa shape index (κ1) is 15.1. The molecule has 2 amide bonds. The lowest BCUT2D eigenvalue weighted by atomic mass is 10.1. The Morgan fingerprint density at radius 1 is 1.09 bits per heavy atom. The lowest BCUT2D eigenvalue weighted by molar-refractivity contribution is 0.259. The van der Waals surface area contributed by atoms with Gasteiger partial charge in [-0.15, -0.1) is 0 Å². The summed E-state index contributed by atoms with van der Waals surface area (Å²) in [4.78, 5) is 21.6. The van der Waals surface area contributed by atoms with E-state index in [4.69, 9.17) is 5.73 Å². The molecule has 4 N–H and O–H groups in total. The number of piperidine rings is 1. The van der Waals surface area contributed by atoms with Crippen molar-refractivity contribution in [3.63, 3.8) is 0 Å². The number of hydrogen-bond acceptors (Lipinski definition) is 5. The molecule has 7 heteroatoms. The van der Waals surface area contributed by atoms with E-state index in [1.54, 1.807) is 12.3 Å². The summed E-state index contributed by atoms with van der Waals surface area (Å²) in [7, 11) is 0. The van der Waals surface area contributed by atoms with Gasteiger partial charge in [-0.1, -0.05) is 0 Å². The average molecular weight is 312 g/mol. The highest BCUT2D eigenvalue weighted by Crippen LogP contribution is 2.23. The van der Waals surface area contributed by atoms with Crippen LogP contribution in [0.3, 0.4) is 0 Å². The van der Waals surface area contributed by atoms with Gasteiger partial charge in [-0.05, 0) is 49.6 Å². The summed E-state index contributed by atoms with van der Waals surface area (Å²) < 4.78 is 0. The summed E-state index contributed by atoms with van der Waals surface area (Å²) >= 11 is 0. The van der Waals surface area contributed by atoms with Gasteiger partial charge in [-0.25, -0.2) is 9.78 Å². The monoisotopic (exact) mass is 312 g/mol. The number of carbonyl (C=O) groups is 1. The number of nitrogens with two attached hydrogens (primary N) is 1. The summed E-state index contributed by atoms with van der Waals surface area (Å²) in [5.41, 5.74) is 7.21. The maximum absolute atomic E-state index is 10.9. The van der Waals surface area contributed by atoms with Crippen LogP contribution in [0.2, 0.25) is 0 Å². The second kappa shape index (κ2) is 6.95. The largest absolute Gasteiger partial charge is 0.372 e. The Morgan fingerprint density at radius 3 is 2.52 bits per heavy atom. The van der Waals surface area contributed by atoms with Gasteiger partial charge < -0.3 is 16.0 Å². The Bertz CT molecular complexity index is 667. The molecule has 1 fully saturated rings. The SMILES string of the molecule is NC(=O)Nc1ccnc(Nc2ccc(N3CCCCC3)cc2)n1. The van der Waals surface area contributed by atoms with Crippen LogP contribution in [0.25, 0.3) is 0 Å². The molecule has 1 aliphatic heterocycles. The minimum atomic E-state index is -0.652. The number of hydrogen-bond donors (Lipinski definition) is 3. The van der Waals surface area contributed by atoms with Crippen LogP contribution >= 0.6 is 0 Å². The normalized spacial score (nSPS) is 14.3.